The van der Waals surface area contributed by atoms with E-state index in [1.165, 1.54) is 64.8 Å². The highest BCUT2D eigenvalue weighted by Gasteiger charge is 2.37. The summed E-state index contributed by atoms with van der Waals surface area (Å²) < 4.78 is 3.67. The van der Waals surface area contributed by atoms with E-state index in [1.54, 1.807) is 11.3 Å². The molecule has 3 heterocycles. The Bertz CT molecular complexity index is 3380. The number of aromatic nitrogens is 5. The standard InChI is InChI=1S/C50H33N5S/c1-50(2)40-21-20-31(25-39(40)44-41(50)22-23-42-46(44)56-28-51-42)35-26-37-34-18-9-10-19-43(34)55(45(37)38-27-36(35)38)33-17-11-16-32(24-33)49-53-47(29-12-5-3-6-13-29)52-48(54-49)30-14-7-4-8-15-30/h3,5-7,9-26,28H,4,8H2,1-2H3. The lowest BCUT2D eigenvalue weighted by Gasteiger charge is -2.21. The van der Waals surface area contributed by atoms with Crippen LogP contribution >= 0.6 is 11.3 Å². The summed E-state index contributed by atoms with van der Waals surface area (Å²) in [6.07, 6.45) is 8.56. The van der Waals surface area contributed by atoms with Crippen molar-refractivity contribution in [1.29, 1.82) is 0 Å². The summed E-state index contributed by atoms with van der Waals surface area (Å²) in [6.45, 7) is 4.69. The number of nitrogens with zero attached hydrogens (tertiary/aromatic N) is 5. The normalized spacial score (nSPS) is 14.6. The van der Waals surface area contributed by atoms with Crippen LogP contribution in [-0.2, 0) is 5.41 Å². The molecule has 264 valence electrons. The number of hydrogen-bond donors (Lipinski definition) is 0. The van der Waals surface area contributed by atoms with Gasteiger partial charge in [0.25, 0.3) is 0 Å². The smallest absolute Gasteiger partial charge is 0.164 e. The molecule has 56 heavy (non-hydrogen) atoms. The maximum Gasteiger partial charge on any atom is 0.164 e. The van der Waals surface area contributed by atoms with E-state index in [-0.39, 0.29) is 5.41 Å². The topological polar surface area (TPSA) is 56.5 Å². The first-order valence-corrected chi connectivity index (χ1v) is 20.1. The maximum atomic E-state index is 5.07. The van der Waals surface area contributed by atoms with Crippen LogP contribution in [0.4, 0.5) is 0 Å². The van der Waals surface area contributed by atoms with Crippen molar-refractivity contribution in [3.05, 3.63) is 166 Å². The molecular formula is C50H33N5S. The molecule has 0 saturated carbocycles. The zero-order valence-corrected chi connectivity index (χ0v) is 31.7. The number of allylic oxidation sites excluding steroid dienone is 4. The van der Waals surface area contributed by atoms with Crippen molar-refractivity contribution in [1.82, 2.24) is 24.5 Å². The average molecular weight is 736 g/mol. The van der Waals surface area contributed by atoms with E-state index in [9.17, 15) is 0 Å². The predicted octanol–water partition coefficient (Wildman–Crippen LogP) is 10.7. The van der Waals surface area contributed by atoms with Crippen LogP contribution in [0, 0.1) is 0 Å². The van der Waals surface area contributed by atoms with Crippen LogP contribution in [-0.4, -0.2) is 24.5 Å². The largest absolute Gasteiger partial charge is 0.308 e. The highest BCUT2D eigenvalue weighted by atomic mass is 32.1. The van der Waals surface area contributed by atoms with Crippen molar-refractivity contribution in [2.75, 3.05) is 0 Å². The lowest BCUT2D eigenvalue weighted by molar-refractivity contribution is 0.661. The Morgan fingerprint density at radius 1 is 0.661 bits per heavy atom. The maximum absolute atomic E-state index is 5.07. The second kappa shape index (κ2) is 11.6. The number of benzene rings is 6. The summed E-state index contributed by atoms with van der Waals surface area (Å²) in [5.74, 6) is 2.03. The summed E-state index contributed by atoms with van der Waals surface area (Å²) in [7, 11) is 0. The van der Waals surface area contributed by atoms with Crippen LogP contribution in [0.2, 0.25) is 0 Å². The van der Waals surface area contributed by atoms with Crippen LogP contribution in [0.15, 0.2) is 139 Å². The second-order valence-electron chi connectivity index (χ2n) is 15.5. The van der Waals surface area contributed by atoms with Gasteiger partial charge < -0.3 is 4.57 Å². The molecule has 9 aromatic rings. The molecule has 0 amide bonds. The number of fused-ring (bicyclic) bond motifs is 10. The minimum absolute atomic E-state index is 0.0735. The third-order valence-electron chi connectivity index (χ3n) is 11.9. The monoisotopic (exact) mass is 735 g/mol. The van der Waals surface area contributed by atoms with Gasteiger partial charge in [-0.3, -0.25) is 0 Å². The minimum atomic E-state index is -0.0735. The summed E-state index contributed by atoms with van der Waals surface area (Å²) in [5.41, 5.74) is 20.9. The summed E-state index contributed by atoms with van der Waals surface area (Å²) in [4.78, 5) is 19.7. The third kappa shape index (κ3) is 4.61. The zero-order chi connectivity index (χ0) is 37.1. The second-order valence-corrected chi connectivity index (χ2v) is 16.3. The molecule has 6 heteroatoms. The molecule has 0 bridgehead atoms. The van der Waals surface area contributed by atoms with Gasteiger partial charge in [-0.1, -0.05) is 117 Å². The van der Waals surface area contributed by atoms with Gasteiger partial charge in [0.1, 0.15) is 0 Å². The first kappa shape index (κ1) is 31.6. The van der Waals surface area contributed by atoms with Crippen molar-refractivity contribution in [2.24, 2.45) is 0 Å². The van der Waals surface area contributed by atoms with E-state index >= 15 is 0 Å². The SMILES string of the molecule is CC1(C)c2ccc(-c3cc4c5ccccc5n(-c5cccc(-c6nc(C7=CCCC=C7)nc(-c7ccccc7)n6)c5)c4c4c3=C=4)cc2-c2c1ccc1ncsc21. The van der Waals surface area contributed by atoms with Crippen molar-refractivity contribution in [2.45, 2.75) is 32.1 Å². The Morgan fingerprint density at radius 3 is 2.34 bits per heavy atom. The highest BCUT2D eigenvalue weighted by molar-refractivity contribution is 7.17. The number of hydrogen-bond acceptors (Lipinski definition) is 5. The molecule has 0 fully saturated rings. The molecule has 12 rings (SSSR count). The van der Waals surface area contributed by atoms with Crippen molar-refractivity contribution >= 4 is 54.7 Å². The van der Waals surface area contributed by atoms with Crippen LogP contribution in [0.5, 0.6) is 0 Å². The zero-order valence-electron chi connectivity index (χ0n) is 30.8. The van der Waals surface area contributed by atoms with E-state index < -0.39 is 0 Å². The minimum Gasteiger partial charge on any atom is -0.308 e. The van der Waals surface area contributed by atoms with E-state index in [0.717, 1.165) is 46.3 Å². The van der Waals surface area contributed by atoms with Gasteiger partial charge in [0.2, 0.25) is 0 Å². The Morgan fingerprint density at radius 2 is 1.46 bits per heavy atom. The fraction of sp³-hybridized carbons (Fsp3) is 0.100. The van der Waals surface area contributed by atoms with Gasteiger partial charge in [-0.15, -0.1) is 11.3 Å². The summed E-state index contributed by atoms with van der Waals surface area (Å²) in [6, 6.07) is 41.5. The van der Waals surface area contributed by atoms with E-state index in [0.29, 0.717) is 17.5 Å². The molecule has 0 radical (unpaired) electrons. The first-order valence-electron chi connectivity index (χ1n) is 19.2. The predicted molar refractivity (Wildman–Crippen MR) is 229 cm³/mol. The Kier molecular flexibility index (Phi) is 6.57. The number of rotatable bonds is 5. The molecule has 0 spiro atoms. The first-order chi connectivity index (χ1) is 27.5. The Labute approximate surface area is 327 Å². The van der Waals surface area contributed by atoms with Crippen molar-refractivity contribution in [3.63, 3.8) is 0 Å². The molecule has 5 nitrogen and oxygen atoms in total. The number of thiazole rings is 1. The molecule has 3 aromatic heterocycles. The summed E-state index contributed by atoms with van der Waals surface area (Å²) in [5, 5.41) is 4.81. The molecule has 0 atom stereocenters. The van der Waals surface area contributed by atoms with E-state index in [1.807, 2.05) is 23.7 Å². The van der Waals surface area contributed by atoms with Crippen LogP contribution in [0.1, 0.15) is 43.6 Å². The average Bonchev–Trinajstić information content (AvgIpc) is 3.68. The molecule has 0 aliphatic heterocycles. The molecule has 6 aromatic carbocycles. The third-order valence-corrected chi connectivity index (χ3v) is 12.7. The lowest BCUT2D eigenvalue weighted by Crippen LogP contribution is -2.15. The van der Waals surface area contributed by atoms with E-state index in [2.05, 4.69) is 144 Å². The van der Waals surface area contributed by atoms with E-state index in [4.69, 9.17) is 15.0 Å². The molecule has 0 saturated heterocycles. The molecule has 0 N–H and O–H groups in total. The van der Waals surface area contributed by atoms with Gasteiger partial charge >= 0.3 is 0 Å². The quantitative estimate of drug-likeness (QED) is 0.177. The van der Waals surface area contributed by atoms with Crippen molar-refractivity contribution < 1.29 is 0 Å². The molecule has 0 unspecified atom stereocenters. The van der Waals surface area contributed by atoms with Gasteiger partial charge in [-0.05, 0) is 77.1 Å². The Balaban J connectivity index is 1.02. The van der Waals surface area contributed by atoms with Crippen LogP contribution in [0.25, 0.3) is 94.0 Å². The molecular weight excluding hydrogens is 703 g/mol. The molecule has 3 aliphatic carbocycles. The van der Waals surface area contributed by atoms with Crippen LogP contribution in [0.3, 0.4) is 0 Å². The summed E-state index contributed by atoms with van der Waals surface area (Å²) >= 11 is 1.74. The molecule has 3 aliphatic rings. The van der Waals surface area contributed by atoms with Gasteiger partial charge in [0.05, 0.1) is 32.0 Å². The van der Waals surface area contributed by atoms with Gasteiger partial charge in [0.15, 0.2) is 17.5 Å². The fourth-order valence-electron chi connectivity index (χ4n) is 9.08. The highest BCUT2D eigenvalue weighted by Crippen LogP contribution is 2.52. The number of para-hydroxylation sites is 1. The van der Waals surface area contributed by atoms with Crippen molar-refractivity contribution in [3.8, 4) is 50.7 Å². The lowest BCUT2D eigenvalue weighted by atomic mass is 9.82. The van der Waals surface area contributed by atoms with Gasteiger partial charge in [0, 0.05) is 49.4 Å². The van der Waals surface area contributed by atoms with Gasteiger partial charge in [-0.25, -0.2) is 19.9 Å². The fourth-order valence-corrected chi connectivity index (χ4v) is 9.93. The van der Waals surface area contributed by atoms with Gasteiger partial charge in [-0.2, -0.15) is 0 Å². The Hall–Kier alpha value is -6.72. The van der Waals surface area contributed by atoms with Crippen LogP contribution < -0.4 is 10.4 Å².